The van der Waals surface area contributed by atoms with Crippen LogP contribution < -0.4 is 0 Å². The molecule has 2 atom stereocenters. The molecule has 112 valence electrons. The van der Waals surface area contributed by atoms with Crippen molar-refractivity contribution in [3.05, 3.63) is 33.8 Å². The van der Waals surface area contributed by atoms with Crippen LogP contribution in [-0.4, -0.2) is 17.8 Å². The summed E-state index contributed by atoms with van der Waals surface area (Å²) >= 11 is 3.03. The molecule has 0 radical (unpaired) electrons. The molecule has 1 heterocycles. The largest absolute Gasteiger partial charge is 0.416 e. The normalized spacial score (nSPS) is 21.1. The number of aliphatic hydroxyl groups excluding tert-OH is 1. The first-order chi connectivity index (χ1) is 9.38. The molecular weight excluding hydrogens is 337 g/mol. The summed E-state index contributed by atoms with van der Waals surface area (Å²) in [4.78, 5) is 0. The van der Waals surface area contributed by atoms with Crippen molar-refractivity contribution in [1.29, 1.82) is 0 Å². The maximum atomic E-state index is 13.0. The first-order valence-corrected chi connectivity index (χ1v) is 7.33. The SMILES string of the molecule is OC(CCC1CCCO1)c1ccc(Br)cc1C(F)(F)F. The van der Waals surface area contributed by atoms with Crippen molar-refractivity contribution in [2.75, 3.05) is 6.61 Å². The third kappa shape index (κ3) is 3.96. The second-order valence-corrected chi connectivity index (χ2v) is 5.87. The Kier molecular flexibility index (Phi) is 5.09. The summed E-state index contributed by atoms with van der Waals surface area (Å²) in [7, 11) is 0. The van der Waals surface area contributed by atoms with Gasteiger partial charge in [0.25, 0.3) is 0 Å². The number of rotatable bonds is 4. The van der Waals surface area contributed by atoms with Crippen LogP contribution in [0, 0.1) is 0 Å². The molecule has 1 aliphatic rings. The zero-order valence-electron chi connectivity index (χ0n) is 10.8. The predicted octanol–water partition coefficient (Wildman–Crippen LogP) is 4.46. The summed E-state index contributed by atoms with van der Waals surface area (Å²) in [5, 5.41) is 10.0. The van der Waals surface area contributed by atoms with Crippen molar-refractivity contribution in [2.45, 2.75) is 44.1 Å². The van der Waals surface area contributed by atoms with Gasteiger partial charge in [0.15, 0.2) is 0 Å². The Bertz CT molecular complexity index is 456. The fourth-order valence-electron chi connectivity index (χ4n) is 2.44. The monoisotopic (exact) mass is 352 g/mol. The zero-order valence-corrected chi connectivity index (χ0v) is 12.4. The molecule has 1 aromatic carbocycles. The van der Waals surface area contributed by atoms with E-state index >= 15 is 0 Å². The number of ether oxygens (including phenoxy) is 1. The van der Waals surface area contributed by atoms with Crippen molar-refractivity contribution < 1.29 is 23.0 Å². The molecule has 0 spiro atoms. The van der Waals surface area contributed by atoms with Gasteiger partial charge in [-0.1, -0.05) is 22.0 Å². The standard InChI is InChI=1S/C14H16BrF3O2/c15-9-3-5-11(12(8-9)14(16,17)18)13(19)6-4-10-2-1-7-20-10/h3,5,8,10,13,19H,1-2,4,6-7H2. The van der Waals surface area contributed by atoms with Crippen LogP contribution in [0.4, 0.5) is 13.2 Å². The quantitative estimate of drug-likeness (QED) is 0.866. The van der Waals surface area contributed by atoms with Crippen LogP contribution >= 0.6 is 15.9 Å². The molecule has 0 saturated carbocycles. The number of halogens is 4. The van der Waals surface area contributed by atoms with Crippen molar-refractivity contribution in [3.63, 3.8) is 0 Å². The lowest BCUT2D eigenvalue weighted by Crippen LogP contribution is -2.14. The van der Waals surface area contributed by atoms with Crippen molar-refractivity contribution in [3.8, 4) is 0 Å². The molecule has 1 aromatic rings. The summed E-state index contributed by atoms with van der Waals surface area (Å²) in [6, 6.07) is 3.84. The Morgan fingerprint density at radius 2 is 2.15 bits per heavy atom. The Labute approximate surface area is 124 Å². The average Bonchev–Trinajstić information content (AvgIpc) is 2.88. The zero-order chi connectivity index (χ0) is 14.8. The van der Waals surface area contributed by atoms with Gasteiger partial charge in [0, 0.05) is 11.1 Å². The minimum absolute atomic E-state index is 0.0643. The molecule has 2 unspecified atom stereocenters. The smallest absolute Gasteiger partial charge is 0.388 e. The first kappa shape index (κ1) is 15.8. The van der Waals surface area contributed by atoms with Crippen molar-refractivity contribution in [2.24, 2.45) is 0 Å². The van der Waals surface area contributed by atoms with Gasteiger partial charge in [-0.2, -0.15) is 13.2 Å². The van der Waals surface area contributed by atoms with Gasteiger partial charge in [-0.15, -0.1) is 0 Å². The van der Waals surface area contributed by atoms with E-state index in [4.69, 9.17) is 4.74 Å². The van der Waals surface area contributed by atoms with Crippen LogP contribution in [0.2, 0.25) is 0 Å². The molecule has 6 heteroatoms. The molecule has 2 rings (SSSR count). The fraction of sp³-hybridized carbons (Fsp3) is 0.571. The summed E-state index contributed by atoms with van der Waals surface area (Å²) in [5.74, 6) is 0. The molecule has 0 aliphatic carbocycles. The van der Waals surface area contributed by atoms with Gasteiger partial charge < -0.3 is 9.84 Å². The van der Waals surface area contributed by atoms with Gasteiger partial charge >= 0.3 is 6.18 Å². The van der Waals surface area contributed by atoms with E-state index < -0.39 is 17.8 Å². The molecule has 1 aliphatic heterocycles. The molecule has 0 amide bonds. The lowest BCUT2D eigenvalue weighted by molar-refractivity contribution is -0.139. The van der Waals surface area contributed by atoms with E-state index in [1.165, 1.54) is 12.1 Å². The van der Waals surface area contributed by atoms with Crippen LogP contribution in [-0.2, 0) is 10.9 Å². The number of benzene rings is 1. The van der Waals surface area contributed by atoms with E-state index in [0.29, 0.717) is 17.5 Å². The van der Waals surface area contributed by atoms with Gasteiger partial charge in [0.2, 0.25) is 0 Å². The Balaban J connectivity index is 2.10. The fourth-order valence-corrected chi connectivity index (χ4v) is 2.80. The molecule has 0 aromatic heterocycles. The summed E-state index contributed by atoms with van der Waals surface area (Å²) in [6.45, 7) is 0.701. The highest BCUT2D eigenvalue weighted by molar-refractivity contribution is 9.10. The first-order valence-electron chi connectivity index (χ1n) is 6.54. The summed E-state index contributed by atoms with van der Waals surface area (Å²) in [5.41, 5.74) is -0.856. The highest BCUT2D eigenvalue weighted by Gasteiger charge is 2.35. The van der Waals surface area contributed by atoms with Crippen LogP contribution in [0.3, 0.4) is 0 Å². The van der Waals surface area contributed by atoms with Crippen molar-refractivity contribution in [1.82, 2.24) is 0 Å². The molecule has 1 saturated heterocycles. The maximum absolute atomic E-state index is 13.0. The maximum Gasteiger partial charge on any atom is 0.416 e. The molecule has 1 N–H and O–H groups in total. The minimum atomic E-state index is -4.47. The topological polar surface area (TPSA) is 29.5 Å². The second kappa shape index (κ2) is 6.45. The highest BCUT2D eigenvalue weighted by Crippen LogP contribution is 2.37. The van der Waals surface area contributed by atoms with E-state index in [0.717, 1.165) is 18.9 Å². The van der Waals surface area contributed by atoms with Gasteiger partial charge in [-0.3, -0.25) is 0 Å². The van der Waals surface area contributed by atoms with E-state index in [1.807, 2.05) is 0 Å². The third-order valence-corrected chi connectivity index (χ3v) is 3.96. The Morgan fingerprint density at radius 1 is 1.40 bits per heavy atom. The lowest BCUT2D eigenvalue weighted by atomic mass is 9.97. The van der Waals surface area contributed by atoms with Crippen LogP contribution in [0.1, 0.15) is 42.9 Å². The highest BCUT2D eigenvalue weighted by atomic mass is 79.9. The molecule has 20 heavy (non-hydrogen) atoms. The van der Waals surface area contributed by atoms with E-state index in [9.17, 15) is 18.3 Å². The number of hydrogen-bond donors (Lipinski definition) is 1. The van der Waals surface area contributed by atoms with Crippen LogP contribution in [0.5, 0.6) is 0 Å². The minimum Gasteiger partial charge on any atom is -0.388 e. The van der Waals surface area contributed by atoms with Crippen molar-refractivity contribution >= 4 is 15.9 Å². The Hall–Kier alpha value is -0.590. The van der Waals surface area contributed by atoms with Crippen LogP contribution in [0.15, 0.2) is 22.7 Å². The van der Waals surface area contributed by atoms with Gasteiger partial charge in [-0.05, 0) is 43.4 Å². The van der Waals surface area contributed by atoms with E-state index in [-0.39, 0.29) is 18.1 Å². The van der Waals surface area contributed by atoms with Crippen LogP contribution in [0.25, 0.3) is 0 Å². The second-order valence-electron chi connectivity index (χ2n) is 4.96. The molecule has 0 bridgehead atoms. The molecule has 1 fully saturated rings. The van der Waals surface area contributed by atoms with Gasteiger partial charge in [0.05, 0.1) is 17.8 Å². The average molecular weight is 353 g/mol. The summed E-state index contributed by atoms with van der Waals surface area (Å²) < 4.78 is 44.7. The molecule has 2 nitrogen and oxygen atoms in total. The number of hydrogen-bond acceptors (Lipinski definition) is 2. The number of aliphatic hydroxyl groups is 1. The summed E-state index contributed by atoms with van der Waals surface area (Å²) in [6.07, 6.45) is -2.78. The predicted molar refractivity (Wildman–Crippen MR) is 72.3 cm³/mol. The van der Waals surface area contributed by atoms with Gasteiger partial charge in [-0.25, -0.2) is 0 Å². The van der Waals surface area contributed by atoms with E-state index in [1.54, 1.807) is 0 Å². The third-order valence-electron chi connectivity index (χ3n) is 3.47. The number of alkyl halides is 3. The Morgan fingerprint density at radius 3 is 2.75 bits per heavy atom. The van der Waals surface area contributed by atoms with E-state index in [2.05, 4.69) is 15.9 Å². The lowest BCUT2D eigenvalue weighted by Gasteiger charge is -2.19. The van der Waals surface area contributed by atoms with Gasteiger partial charge in [0.1, 0.15) is 0 Å². The molecular formula is C14H16BrF3O2.